The van der Waals surface area contributed by atoms with E-state index in [-0.39, 0.29) is 21.7 Å². The highest BCUT2D eigenvalue weighted by molar-refractivity contribution is 5.53. The molecule has 2 saturated heterocycles. The molecular weight excluding hydrogens is 568 g/mol. The van der Waals surface area contributed by atoms with Gasteiger partial charge in [0, 0.05) is 22.3 Å². The second-order valence-corrected chi connectivity index (χ2v) is 18.1. The van der Waals surface area contributed by atoms with Gasteiger partial charge in [-0.15, -0.1) is 0 Å². The molecule has 2 aliphatic rings. The molecule has 2 aromatic rings. The van der Waals surface area contributed by atoms with Crippen molar-refractivity contribution in [3.63, 3.8) is 0 Å². The highest BCUT2D eigenvalue weighted by Crippen LogP contribution is 2.43. The van der Waals surface area contributed by atoms with Gasteiger partial charge in [-0.3, -0.25) is 0 Å². The first-order chi connectivity index (χ1) is 21.3. The SMILES string of the molecule is CC(C)(C)c1cc(CCc2cc(C(C)(C)C)c(OCCCCC3CO3)c(C(C)(C)C)c2)cc(C(C)(C)C)c1OCCCCC1CO1. The first-order valence-electron chi connectivity index (χ1n) is 18.2. The second-order valence-electron chi connectivity index (χ2n) is 18.1. The molecule has 258 valence electrons. The summed E-state index contributed by atoms with van der Waals surface area (Å²) in [5.74, 6) is 2.20. The minimum Gasteiger partial charge on any atom is -0.493 e. The van der Waals surface area contributed by atoms with Gasteiger partial charge in [0.2, 0.25) is 0 Å². The number of epoxide rings is 2. The average molecular weight is 635 g/mol. The van der Waals surface area contributed by atoms with Crippen LogP contribution >= 0.6 is 0 Å². The van der Waals surface area contributed by atoms with E-state index in [1.165, 1.54) is 33.4 Å². The van der Waals surface area contributed by atoms with E-state index < -0.39 is 0 Å². The van der Waals surface area contributed by atoms with Crippen LogP contribution in [0.3, 0.4) is 0 Å². The van der Waals surface area contributed by atoms with Crippen LogP contribution in [0, 0.1) is 0 Å². The minimum atomic E-state index is -0.0172. The largest absolute Gasteiger partial charge is 0.493 e. The molecule has 2 fully saturated rings. The Hall–Kier alpha value is -2.04. The fourth-order valence-electron chi connectivity index (χ4n) is 6.26. The molecule has 4 rings (SSSR count). The van der Waals surface area contributed by atoms with Crippen LogP contribution in [0.2, 0.25) is 0 Å². The van der Waals surface area contributed by atoms with Gasteiger partial charge in [-0.05, 0) is 84.2 Å². The van der Waals surface area contributed by atoms with E-state index in [0.29, 0.717) is 12.2 Å². The lowest BCUT2D eigenvalue weighted by Gasteiger charge is -2.31. The molecule has 2 unspecified atom stereocenters. The lowest BCUT2D eigenvalue weighted by molar-refractivity contribution is 0.285. The number of hydrogen-bond donors (Lipinski definition) is 0. The van der Waals surface area contributed by atoms with Crippen LogP contribution in [0.1, 0.15) is 155 Å². The molecule has 0 N–H and O–H groups in total. The van der Waals surface area contributed by atoms with Gasteiger partial charge in [-0.2, -0.15) is 0 Å². The number of benzene rings is 2. The van der Waals surface area contributed by atoms with Crippen molar-refractivity contribution < 1.29 is 18.9 Å². The molecule has 4 heteroatoms. The summed E-state index contributed by atoms with van der Waals surface area (Å²) in [5.41, 5.74) is 8.00. The van der Waals surface area contributed by atoms with Gasteiger partial charge in [-0.25, -0.2) is 0 Å². The zero-order valence-electron chi connectivity index (χ0n) is 31.6. The van der Waals surface area contributed by atoms with E-state index >= 15 is 0 Å². The Kier molecular flexibility index (Phi) is 11.7. The number of rotatable bonds is 15. The van der Waals surface area contributed by atoms with Crippen LogP contribution in [0.4, 0.5) is 0 Å². The van der Waals surface area contributed by atoms with Crippen molar-refractivity contribution in [3.8, 4) is 11.5 Å². The summed E-state index contributed by atoms with van der Waals surface area (Å²) in [6.45, 7) is 31.2. The van der Waals surface area contributed by atoms with Crippen LogP contribution in [0.15, 0.2) is 24.3 Å². The highest BCUT2D eigenvalue weighted by Gasteiger charge is 2.30. The smallest absolute Gasteiger partial charge is 0.126 e. The standard InChI is InChI=1S/C42H66O4/c1-39(2,3)33-23-29(24-34(40(4,5)6)37(33)43-21-15-13-17-31-27-45-31)19-20-30-25-35(41(7,8)9)38(36(26-30)42(10,11)12)44-22-16-14-18-32-28-46-32/h23-26,31-32H,13-22,27-28H2,1-12H3. The Morgan fingerprint density at radius 3 is 1.02 bits per heavy atom. The molecule has 0 spiro atoms. The van der Waals surface area contributed by atoms with Gasteiger partial charge in [0.25, 0.3) is 0 Å². The van der Waals surface area contributed by atoms with Crippen molar-refractivity contribution in [1.82, 2.24) is 0 Å². The van der Waals surface area contributed by atoms with Crippen LogP contribution in [0.5, 0.6) is 11.5 Å². The Morgan fingerprint density at radius 2 is 0.783 bits per heavy atom. The summed E-state index contributed by atoms with van der Waals surface area (Å²) in [6.07, 6.45) is 9.72. The third-order valence-corrected chi connectivity index (χ3v) is 9.37. The van der Waals surface area contributed by atoms with Crippen molar-refractivity contribution in [2.24, 2.45) is 0 Å². The maximum atomic E-state index is 6.66. The van der Waals surface area contributed by atoms with Gasteiger partial charge in [-0.1, -0.05) is 107 Å². The number of aryl methyl sites for hydroxylation is 2. The van der Waals surface area contributed by atoms with Gasteiger partial charge >= 0.3 is 0 Å². The van der Waals surface area contributed by atoms with Crippen LogP contribution < -0.4 is 9.47 Å². The summed E-state index contributed by atoms with van der Waals surface area (Å²) in [6, 6.07) is 9.73. The molecule has 0 saturated carbocycles. The highest BCUT2D eigenvalue weighted by atomic mass is 16.6. The Balaban J connectivity index is 1.59. The summed E-state index contributed by atoms with van der Waals surface area (Å²) < 4.78 is 24.1. The van der Waals surface area contributed by atoms with E-state index in [1.54, 1.807) is 0 Å². The van der Waals surface area contributed by atoms with Crippen LogP contribution in [-0.4, -0.2) is 38.6 Å². The second kappa shape index (κ2) is 14.6. The molecule has 0 aromatic heterocycles. The maximum absolute atomic E-state index is 6.66. The average Bonchev–Trinajstić information content (AvgIpc) is 3.85. The van der Waals surface area contributed by atoms with Gasteiger partial charge in [0.1, 0.15) is 11.5 Å². The normalized spacial score (nSPS) is 18.5. The Morgan fingerprint density at radius 1 is 0.500 bits per heavy atom. The first-order valence-corrected chi connectivity index (χ1v) is 18.2. The van der Waals surface area contributed by atoms with E-state index in [0.717, 1.165) is 89.3 Å². The Bertz CT molecular complexity index is 1120. The molecule has 2 heterocycles. The summed E-state index contributed by atoms with van der Waals surface area (Å²) in [7, 11) is 0. The van der Waals surface area contributed by atoms with E-state index in [4.69, 9.17) is 18.9 Å². The molecule has 0 amide bonds. The van der Waals surface area contributed by atoms with Crippen LogP contribution in [-0.2, 0) is 44.0 Å². The molecular formula is C42H66O4. The molecule has 2 aliphatic heterocycles. The molecule has 0 bridgehead atoms. The zero-order valence-corrected chi connectivity index (χ0v) is 31.6. The van der Waals surface area contributed by atoms with Crippen LogP contribution in [0.25, 0.3) is 0 Å². The van der Waals surface area contributed by atoms with Crippen molar-refractivity contribution >= 4 is 0 Å². The summed E-state index contributed by atoms with van der Waals surface area (Å²) in [4.78, 5) is 0. The third kappa shape index (κ3) is 10.7. The van der Waals surface area contributed by atoms with Gasteiger partial charge in [0.15, 0.2) is 0 Å². The fourth-order valence-corrected chi connectivity index (χ4v) is 6.26. The number of unbranched alkanes of at least 4 members (excludes halogenated alkanes) is 2. The lowest BCUT2D eigenvalue weighted by atomic mass is 9.77. The molecule has 2 aromatic carbocycles. The zero-order chi connectivity index (χ0) is 33.9. The molecule has 0 radical (unpaired) electrons. The monoisotopic (exact) mass is 634 g/mol. The van der Waals surface area contributed by atoms with Gasteiger partial charge in [0.05, 0.1) is 38.6 Å². The molecule has 46 heavy (non-hydrogen) atoms. The van der Waals surface area contributed by atoms with E-state index in [1.807, 2.05) is 0 Å². The van der Waals surface area contributed by atoms with E-state index in [2.05, 4.69) is 107 Å². The molecule has 2 atom stereocenters. The Labute approximate surface area is 282 Å². The fraction of sp³-hybridized carbons (Fsp3) is 0.714. The predicted octanol–water partition coefficient (Wildman–Crippen LogP) is 10.6. The van der Waals surface area contributed by atoms with Crippen molar-refractivity contribution in [3.05, 3.63) is 57.6 Å². The quantitative estimate of drug-likeness (QED) is 0.144. The topological polar surface area (TPSA) is 43.5 Å². The van der Waals surface area contributed by atoms with Crippen molar-refractivity contribution in [2.75, 3.05) is 26.4 Å². The maximum Gasteiger partial charge on any atom is 0.126 e. The van der Waals surface area contributed by atoms with Crippen molar-refractivity contribution in [2.45, 2.75) is 168 Å². The summed E-state index contributed by atoms with van der Waals surface area (Å²) >= 11 is 0. The van der Waals surface area contributed by atoms with Gasteiger partial charge < -0.3 is 18.9 Å². The third-order valence-electron chi connectivity index (χ3n) is 9.37. The van der Waals surface area contributed by atoms with Crippen molar-refractivity contribution in [1.29, 1.82) is 0 Å². The molecule has 4 nitrogen and oxygen atoms in total. The lowest BCUT2D eigenvalue weighted by Crippen LogP contribution is -2.21. The predicted molar refractivity (Wildman–Crippen MR) is 193 cm³/mol. The first kappa shape index (κ1) is 36.8. The minimum absolute atomic E-state index is 0.0172. The number of hydrogen-bond acceptors (Lipinski definition) is 4. The van der Waals surface area contributed by atoms with E-state index in [9.17, 15) is 0 Å². The summed E-state index contributed by atoms with van der Waals surface area (Å²) in [5, 5.41) is 0. The molecule has 0 aliphatic carbocycles. The number of ether oxygens (including phenoxy) is 4.